The number of anilines is 1. The summed E-state index contributed by atoms with van der Waals surface area (Å²) in [7, 11) is 0. The highest BCUT2D eigenvalue weighted by Gasteiger charge is 2.13. The van der Waals surface area contributed by atoms with Crippen LogP contribution in [0.4, 0.5) is 5.69 Å². The summed E-state index contributed by atoms with van der Waals surface area (Å²) in [6.45, 7) is -0.745. The molecule has 0 bridgehead atoms. The maximum atomic E-state index is 11.9. The van der Waals surface area contributed by atoms with E-state index in [1.807, 2.05) is 23.6 Å². The molecule has 0 radical (unpaired) electrons. The molecule has 3 rings (SSSR count). The third-order valence-corrected chi connectivity index (χ3v) is 4.02. The number of hydrogen-bond acceptors (Lipinski definition) is 8. The van der Waals surface area contributed by atoms with Crippen molar-refractivity contribution < 1.29 is 14.3 Å². The summed E-state index contributed by atoms with van der Waals surface area (Å²) in [4.78, 5) is 25.6. The first-order valence-corrected chi connectivity index (χ1v) is 8.30. The largest absolute Gasteiger partial charge is 0.454 e. The van der Waals surface area contributed by atoms with Crippen molar-refractivity contribution >= 4 is 28.9 Å². The number of thiophene rings is 1. The normalized spacial score (nSPS) is 10.1. The van der Waals surface area contributed by atoms with Crippen molar-refractivity contribution in [3.8, 4) is 16.8 Å². The number of tetrazole rings is 1. The zero-order chi connectivity index (χ0) is 18.4. The standard InChI is InChI=1S/C16H12N6O3S/c17-8-11-4-1-2-5-12(11)18-14(23)10-25-15(24)9-22-20-16(19-21-22)13-6-3-7-26-13/h1-7H,9-10H2,(H,18,23). The van der Waals surface area contributed by atoms with E-state index in [0.29, 0.717) is 17.1 Å². The molecule has 0 spiro atoms. The Morgan fingerprint density at radius 1 is 1.27 bits per heavy atom. The van der Waals surface area contributed by atoms with Crippen LogP contribution >= 0.6 is 11.3 Å². The molecule has 1 amide bonds. The van der Waals surface area contributed by atoms with Crippen LogP contribution < -0.4 is 5.32 Å². The second-order valence-corrected chi connectivity index (χ2v) is 5.93. The summed E-state index contributed by atoms with van der Waals surface area (Å²) in [6.07, 6.45) is 0. The van der Waals surface area contributed by atoms with Gasteiger partial charge in [-0.3, -0.25) is 4.79 Å². The van der Waals surface area contributed by atoms with Gasteiger partial charge in [0.1, 0.15) is 6.07 Å². The minimum Gasteiger partial charge on any atom is -0.454 e. The first kappa shape index (κ1) is 17.2. The number of hydrogen-bond donors (Lipinski definition) is 1. The molecule has 0 saturated carbocycles. The Labute approximate surface area is 151 Å². The van der Waals surface area contributed by atoms with Gasteiger partial charge in [0.2, 0.25) is 5.82 Å². The summed E-state index contributed by atoms with van der Waals surface area (Å²) >= 11 is 1.46. The van der Waals surface area contributed by atoms with Gasteiger partial charge < -0.3 is 10.1 Å². The molecule has 1 N–H and O–H groups in total. The monoisotopic (exact) mass is 368 g/mol. The fraction of sp³-hybridized carbons (Fsp3) is 0.125. The topological polar surface area (TPSA) is 123 Å². The van der Waals surface area contributed by atoms with E-state index in [2.05, 4.69) is 20.7 Å². The van der Waals surface area contributed by atoms with Crippen LogP contribution in [0.2, 0.25) is 0 Å². The van der Waals surface area contributed by atoms with E-state index >= 15 is 0 Å². The third kappa shape index (κ3) is 4.28. The highest BCUT2D eigenvalue weighted by molar-refractivity contribution is 7.13. The van der Waals surface area contributed by atoms with E-state index in [0.717, 1.165) is 9.67 Å². The Bertz CT molecular complexity index is 961. The molecule has 10 heteroatoms. The van der Waals surface area contributed by atoms with Crippen LogP contribution in [0.15, 0.2) is 41.8 Å². The van der Waals surface area contributed by atoms with Crippen LogP contribution in [0.1, 0.15) is 5.56 Å². The Morgan fingerprint density at radius 3 is 2.88 bits per heavy atom. The van der Waals surface area contributed by atoms with Crippen molar-refractivity contribution in [3.05, 3.63) is 47.3 Å². The molecule has 2 aromatic heterocycles. The van der Waals surface area contributed by atoms with Crippen LogP contribution in [-0.2, 0) is 20.9 Å². The Kier molecular flexibility index (Phi) is 5.31. The van der Waals surface area contributed by atoms with Crippen LogP contribution in [0.25, 0.3) is 10.7 Å². The van der Waals surface area contributed by atoms with E-state index in [9.17, 15) is 9.59 Å². The summed E-state index contributed by atoms with van der Waals surface area (Å²) in [6, 6.07) is 12.2. The van der Waals surface area contributed by atoms with E-state index in [1.165, 1.54) is 11.3 Å². The van der Waals surface area contributed by atoms with Crippen LogP contribution in [0.5, 0.6) is 0 Å². The number of nitriles is 1. The van der Waals surface area contributed by atoms with Gasteiger partial charge in [0, 0.05) is 0 Å². The predicted octanol–water partition coefficient (Wildman–Crippen LogP) is 1.46. The molecule has 0 fully saturated rings. The average Bonchev–Trinajstić information content (AvgIpc) is 3.32. The zero-order valence-electron chi connectivity index (χ0n) is 13.3. The van der Waals surface area contributed by atoms with Gasteiger partial charge in [0.05, 0.1) is 16.1 Å². The summed E-state index contributed by atoms with van der Waals surface area (Å²) in [5, 5.41) is 25.1. The van der Waals surface area contributed by atoms with Crippen molar-refractivity contribution in [1.82, 2.24) is 20.2 Å². The van der Waals surface area contributed by atoms with E-state index in [4.69, 9.17) is 10.00 Å². The summed E-state index contributed by atoms with van der Waals surface area (Å²) in [5.41, 5.74) is 0.676. The Morgan fingerprint density at radius 2 is 2.12 bits per heavy atom. The second kappa shape index (κ2) is 8.00. The van der Waals surface area contributed by atoms with Crippen LogP contribution in [0.3, 0.4) is 0 Å². The molecule has 0 atom stereocenters. The molecule has 130 valence electrons. The molecular formula is C16H12N6O3S. The number of para-hydroxylation sites is 1. The third-order valence-electron chi connectivity index (χ3n) is 3.15. The number of esters is 1. The van der Waals surface area contributed by atoms with Gasteiger partial charge in [0.15, 0.2) is 13.2 Å². The molecule has 0 saturated heterocycles. The van der Waals surface area contributed by atoms with Crippen molar-refractivity contribution in [3.63, 3.8) is 0 Å². The number of benzene rings is 1. The lowest BCUT2D eigenvalue weighted by atomic mass is 10.2. The number of nitrogens with one attached hydrogen (secondary N) is 1. The quantitative estimate of drug-likeness (QED) is 0.653. The lowest BCUT2D eigenvalue weighted by molar-refractivity contribution is -0.148. The van der Waals surface area contributed by atoms with Gasteiger partial charge in [-0.1, -0.05) is 18.2 Å². The zero-order valence-corrected chi connectivity index (χ0v) is 14.1. The lowest BCUT2D eigenvalue weighted by Gasteiger charge is -2.07. The molecule has 0 aliphatic heterocycles. The molecule has 9 nitrogen and oxygen atoms in total. The molecule has 0 aliphatic carbocycles. The van der Waals surface area contributed by atoms with Gasteiger partial charge >= 0.3 is 5.97 Å². The number of carbonyl (C=O) groups is 2. The highest BCUT2D eigenvalue weighted by Crippen LogP contribution is 2.19. The molecular weight excluding hydrogens is 356 g/mol. The second-order valence-electron chi connectivity index (χ2n) is 4.99. The maximum absolute atomic E-state index is 11.9. The molecule has 0 unspecified atom stereocenters. The van der Waals surface area contributed by atoms with Gasteiger partial charge in [-0.15, -0.1) is 21.5 Å². The number of aromatic nitrogens is 4. The van der Waals surface area contributed by atoms with Gasteiger partial charge in [0.25, 0.3) is 5.91 Å². The lowest BCUT2D eigenvalue weighted by Crippen LogP contribution is -2.24. The van der Waals surface area contributed by atoms with Crippen molar-refractivity contribution in [2.24, 2.45) is 0 Å². The minimum atomic E-state index is -0.677. The summed E-state index contributed by atoms with van der Waals surface area (Å²) in [5.74, 6) is -0.811. The molecule has 2 heterocycles. The van der Waals surface area contributed by atoms with Crippen LogP contribution in [0, 0.1) is 11.3 Å². The van der Waals surface area contributed by atoms with Crippen molar-refractivity contribution in [1.29, 1.82) is 5.26 Å². The SMILES string of the molecule is N#Cc1ccccc1NC(=O)COC(=O)Cn1nnc(-c2cccs2)n1. The van der Waals surface area contributed by atoms with Crippen molar-refractivity contribution in [2.45, 2.75) is 6.54 Å². The average molecular weight is 368 g/mol. The van der Waals surface area contributed by atoms with E-state index < -0.39 is 18.5 Å². The van der Waals surface area contributed by atoms with Gasteiger partial charge in [-0.2, -0.15) is 10.1 Å². The molecule has 1 aromatic carbocycles. The number of amides is 1. The highest BCUT2D eigenvalue weighted by atomic mass is 32.1. The van der Waals surface area contributed by atoms with E-state index in [1.54, 1.807) is 24.3 Å². The Balaban J connectivity index is 1.50. The van der Waals surface area contributed by atoms with E-state index in [-0.39, 0.29) is 6.54 Å². The number of nitrogens with zero attached hydrogens (tertiary/aromatic N) is 5. The number of rotatable bonds is 6. The van der Waals surface area contributed by atoms with Gasteiger partial charge in [-0.05, 0) is 28.8 Å². The minimum absolute atomic E-state index is 0.263. The summed E-state index contributed by atoms with van der Waals surface area (Å²) < 4.78 is 4.89. The number of carbonyl (C=O) groups excluding carboxylic acids is 2. The van der Waals surface area contributed by atoms with Crippen molar-refractivity contribution in [2.75, 3.05) is 11.9 Å². The first-order valence-electron chi connectivity index (χ1n) is 7.42. The first-order chi connectivity index (χ1) is 12.7. The van der Waals surface area contributed by atoms with Crippen LogP contribution in [-0.4, -0.2) is 38.7 Å². The maximum Gasteiger partial charge on any atom is 0.330 e. The smallest absolute Gasteiger partial charge is 0.330 e. The fourth-order valence-corrected chi connectivity index (χ4v) is 2.65. The Hall–Kier alpha value is -3.58. The predicted molar refractivity (Wildman–Crippen MR) is 91.9 cm³/mol. The molecule has 26 heavy (non-hydrogen) atoms. The molecule has 3 aromatic rings. The number of ether oxygens (including phenoxy) is 1. The van der Waals surface area contributed by atoms with Gasteiger partial charge in [-0.25, -0.2) is 4.79 Å². The fourth-order valence-electron chi connectivity index (χ4n) is 2.00. The molecule has 0 aliphatic rings.